The number of hydrogen-bond donors (Lipinski definition) is 1. The predicted molar refractivity (Wildman–Crippen MR) is 138 cm³/mol. The van der Waals surface area contributed by atoms with Crippen LogP contribution in [0.2, 0.25) is 0 Å². The van der Waals surface area contributed by atoms with Gasteiger partial charge in [-0.05, 0) is 75.2 Å². The average molecular weight is 485 g/mol. The molecule has 1 N–H and O–H groups in total. The Morgan fingerprint density at radius 1 is 0.889 bits per heavy atom. The molecule has 0 radical (unpaired) electrons. The Kier molecular flexibility index (Phi) is 7.01. The summed E-state index contributed by atoms with van der Waals surface area (Å²) in [6.07, 6.45) is 0. The summed E-state index contributed by atoms with van der Waals surface area (Å²) in [5.41, 5.74) is 3.40. The third-order valence-corrected chi connectivity index (χ3v) is 5.49. The van der Waals surface area contributed by atoms with E-state index in [9.17, 15) is 14.4 Å². The summed E-state index contributed by atoms with van der Waals surface area (Å²) in [7, 11) is 0. The smallest absolute Gasteiger partial charge is 0.338 e. The molecule has 1 unspecified atom stereocenters. The fourth-order valence-corrected chi connectivity index (χ4v) is 3.93. The van der Waals surface area contributed by atoms with Gasteiger partial charge in [0.15, 0.2) is 0 Å². The summed E-state index contributed by atoms with van der Waals surface area (Å²) in [4.78, 5) is 42.5. The van der Waals surface area contributed by atoms with E-state index in [-0.39, 0.29) is 12.5 Å². The van der Waals surface area contributed by atoms with Crippen molar-refractivity contribution >= 4 is 34.9 Å². The average Bonchev–Trinajstić information content (AvgIpc) is 3.17. The molecule has 0 saturated heterocycles. The Morgan fingerprint density at radius 3 is 2.19 bits per heavy atom. The second kappa shape index (κ2) is 10.2. The Morgan fingerprint density at radius 2 is 1.56 bits per heavy atom. The van der Waals surface area contributed by atoms with E-state index in [0.717, 1.165) is 11.1 Å². The van der Waals surface area contributed by atoms with Crippen LogP contribution in [0.4, 0.5) is 11.4 Å². The number of carbonyl (C=O) groups excluding carboxylic acids is 3. The molecule has 36 heavy (non-hydrogen) atoms. The zero-order chi connectivity index (χ0) is 25.9. The summed E-state index contributed by atoms with van der Waals surface area (Å²) in [6, 6.07) is 21.2. The van der Waals surface area contributed by atoms with E-state index >= 15 is 0 Å². The first-order valence-corrected chi connectivity index (χ1v) is 11.8. The lowest BCUT2D eigenvalue weighted by atomic mass is 9.90. The third-order valence-electron chi connectivity index (χ3n) is 5.49. The summed E-state index contributed by atoms with van der Waals surface area (Å²) < 4.78 is 10.5. The van der Waals surface area contributed by atoms with Gasteiger partial charge in [-0.3, -0.25) is 9.79 Å². The number of hydrogen-bond acceptors (Lipinski definition) is 6. The highest BCUT2D eigenvalue weighted by atomic mass is 16.6. The maximum absolute atomic E-state index is 13.2. The lowest BCUT2D eigenvalue weighted by Crippen LogP contribution is -2.23. The topological polar surface area (TPSA) is 94.1 Å². The Hall–Kier alpha value is -4.26. The molecule has 1 aliphatic heterocycles. The number of rotatable bonds is 6. The minimum Gasteiger partial charge on any atom is -0.462 e. The molecule has 7 nitrogen and oxygen atoms in total. The molecular formula is C29H28N2O5. The number of nitrogens with one attached hydrogen (secondary N) is 1. The lowest BCUT2D eigenvalue weighted by Gasteiger charge is -2.19. The van der Waals surface area contributed by atoms with Gasteiger partial charge in [-0.15, -0.1) is 0 Å². The highest BCUT2D eigenvalue weighted by Crippen LogP contribution is 2.37. The van der Waals surface area contributed by atoms with Crippen LogP contribution in [0.5, 0.6) is 0 Å². The van der Waals surface area contributed by atoms with Crippen molar-refractivity contribution < 1.29 is 23.9 Å². The monoisotopic (exact) mass is 484 g/mol. The first-order chi connectivity index (χ1) is 17.2. The number of fused-ring (bicyclic) bond motifs is 1. The van der Waals surface area contributed by atoms with Crippen LogP contribution in [0, 0.1) is 0 Å². The SMILES string of the molecule is CCOC(=O)c1ccc2c(c1)NC(=O)C2C(=Nc1ccc(C(=O)OC(C)(C)C)cc1)c1ccccc1. The first-order valence-electron chi connectivity index (χ1n) is 11.8. The summed E-state index contributed by atoms with van der Waals surface area (Å²) >= 11 is 0. The quantitative estimate of drug-likeness (QED) is 0.359. The van der Waals surface area contributed by atoms with Crippen molar-refractivity contribution in [3.8, 4) is 0 Å². The third kappa shape index (κ3) is 5.51. The first kappa shape index (κ1) is 24.9. The van der Waals surface area contributed by atoms with E-state index in [1.165, 1.54) is 0 Å². The van der Waals surface area contributed by atoms with Gasteiger partial charge in [0.25, 0.3) is 0 Å². The van der Waals surface area contributed by atoms with Crippen LogP contribution in [0.3, 0.4) is 0 Å². The molecule has 3 aromatic rings. The van der Waals surface area contributed by atoms with Crippen LogP contribution in [-0.4, -0.2) is 35.8 Å². The van der Waals surface area contributed by atoms with E-state index < -0.39 is 23.5 Å². The molecule has 3 aromatic carbocycles. The van der Waals surface area contributed by atoms with Gasteiger partial charge in [-0.2, -0.15) is 0 Å². The molecule has 0 aliphatic carbocycles. The normalized spacial score (nSPS) is 15.2. The highest BCUT2D eigenvalue weighted by molar-refractivity contribution is 6.24. The van der Waals surface area contributed by atoms with Gasteiger partial charge in [-0.1, -0.05) is 36.4 Å². The van der Waals surface area contributed by atoms with Gasteiger partial charge >= 0.3 is 11.9 Å². The number of amides is 1. The van der Waals surface area contributed by atoms with Gasteiger partial charge in [0.2, 0.25) is 5.91 Å². The van der Waals surface area contributed by atoms with Crippen molar-refractivity contribution in [1.82, 2.24) is 0 Å². The van der Waals surface area contributed by atoms with Gasteiger partial charge in [0.05, 0.1) is 29.1 Å². The van der Waals surface area contributed by atoms with Crippen LogP contribution < -0.4 is 5.32 Å². The van der Waals surface area contributed by atoms with Gasteiger partial charge in [0, 0.05) is 5.69 Å². The number of carbonyl (C=O) groups is 3. The van der Waals surface area contributed by atoms with Crippen LogP contribution >= 0.6 is 0 Å². The van der Waals surface area contributed by atoms with Crippen LogP contribution in [0.15, 0.2) is 77.8 Å². The number of anilines is 1. The molecule has 0 saturated carbocycles. The second-order valence-electron chi connectivity index (χ2n) is 9.36. The molecule has 1 heterocycles. The van der Waals surface area contributed by atoms with Gasteiger partial charge in [0.1, 0.15) is 11.5 Å². The molecule has 7 heteroatoms. The molecule has 0 fully saturated rings. The number of nitrogens with zero attached hydrogens (tertiary/aromatic N) is 1. The molecule has 0 bridgehead atoms. The maximum Gasteiger partial charge on any atom is 0.338 e. The number of ether oxygens (including phenoxy) is 2. The molecule has 0 aromatic heterocycles. The Balaban J connectivity index is 1.72. The summed E-state index contributed by atoms with van der Waals surface area (Å²) in [5, 5.41) is 2.88. The minimum atomic E-state index is -0.677. The maximum atomic E-state index is 13.2. The minimum absolute atomic E-state index is 0.237. The molecular weight excluding hydrogens is 456 g/mol. The van der Waals surface area contributed by atoms with Crippen LogP contribution in [0.1, 0.15) is 65.5 Å². The Labute approximate surface area is 210 Å². The zero-order valence-corrected chi connectivity index (χ0v) is 20.7. The van der Waals surface area contributed by atoms with Gasteiger partial charge < -0.3 is 14.8 Å². The van der Waals surface area contributed by atoms with Crippen molar-refractivity contribution in [3.05, 3.63) is 95.1 Å². The highest BCUT2D eigenvalue weighted by Gasteiger charge is 2.36. The van der Waals surface area contributed by atoms with Crippen molar-refractivity contribution in [1.29, 1.82) is 0 Å². The van der Waals surface area contributed by atoms with E-state index in [1.54, 1.807) is 49.4 Å². The summed E-state index contributed by atoms with van der Waals surface area (Å²) in [6.45, 7) is 7.45. The lowest BCUT2D eigenvalue weighted by molar-refractivity contribution is -0.115. The van der Waals surface area contributed by atoms with Crippen molar-refractivity contribution in [2.24, 2.45) is 4.99 Å². The fraction of sp³-hybridized carbons (Fsp3) is 0.241. The predicted octanol–water partition coefficient (Wildman–Crippen LogP) is 5.68. The second-order valence-corrected chi connectivity index (χ2v) is 9.36. The molecule has 4 rings (SSSR count). The molecule has 1 amide bonds. The summed E-state index contributed by atoms with van der Waals surface area (Å²) in [5.74, 6) is -1.77. The van der Waals surface area contributed by atoms with E-state index in [0.29, 0.717) is 28.2 Å². The number of benzene rings is 3. The van der Waals surface area contributed by atoms with Gasteiger partial charge in [-0.25, -0.2) is 9.59 Å². The zero-order valence-electron chi connectivity index (χ0n) is 20.7. The number of esters is 2. The fourth-order valence-electron chi connectivity index (χ4n) is 3.93. The van der Waals surface area contributed by atoms with Crippen molar-refractivity contribution in [2.45, 2.75) is 39.2 Å². The van der Waals surface area contributed by atoms with E-state index in [1.807, 2.05) is 51.1 Å². The molecule has 184 valence electrons. The van der Waals surface area contributed by atoms with E-state index in [4.69, 9.17) is 14.5 Å². The van der Waals surface area contributed by atoms with Crippen LogP contribution in [0.25, 0.3) is 0 Å². The van der Waals surface area contributed by atoms with Crippen molar-refractivity contribution in [2.75, 3.05) is 11.9 Å². The number of aliphatic imine (C=N–C) groups is 1. The van der Waals surface area contributed by atoms with E-state index in [2.05, 4.69) is 5.32 Å². The van der Waals surface area contributed by atoms with Crippen molar-refractivity contribution in [3.63, 3.8) is 0 Å². The van der Waals surface area contributed by atoms with Crippen LogP contribution in [-0.2, 0) is 14.3 Å². The molecule has 0 spiro atoms. The largest absolute Gasteiger partial charge is 0.462 e. The Bertz CT molecular complexity index is 1320. The molecule has 1 atom stereocenters. The molecule has 1 aliphatic rings. The standard InChI is InChI=1S/C29H28N2O5/c1-5-35-27(33)20-13-16-22-23(17-20)31-26(32)24(22)25(18-9-7-6-8-10-18)30-21-14-11-19(12-15-21)28(34)36-29(2,3)4/h6-17,24H,5H2,1-4H3,(H,31,32).